The number of nitrogens with zero attached hydrogens (tertiary/aromatic N) is 1. The summed E-state index contributed by atoms with van der Waals surface area (Å²) in [5.74, 6) is -1.24. The summed E-state index contributed by atoms with van der Waals surface area (Å²) >= 11 is 0. The third kappa shape index (κ3) is 4.91. The molecule has 1 saturated heterocycles. The lowest BCUT2D eigenvalue weighted by Gasteiger charge is -2.16. The van der Waals surface area contributed by atoms with E-state index in [0.29, 0.717) is 0 Å². The van der Waals surface area contributed by atoms with Crippen molar-refractivity contribution in [2.24, 2.45) is 0 Å². The van der Waals surface area contributed by atoms with Gasteiger partial charge in [0, 0.05) is 6.42 Å². The Balaban J connectivity index is 1.82. The molecule has 10 heteroatoms. The first kappa shape index (κ1) is 19.2. The lowest BCUT2D eigenvalue weighted by atomic mass is 10.2. The van der Waals surface area contributed by atoms with Gasteiger partial charge in [0.2, 0.25) is 0 Å². The minimum Gasteiger partial charge on any atom is -0.480 e. The minimum atomic E-state index is -3.90. The largest absolute Gasteiger partial charge is 0.480 e. The zero-order valence-electron chi connectivity index (χ0n) is 13.5. The second-order valence-electron chi connectivity index (χ2n) is 5.61. The quantitative estimate of drug-likeness (QED) is 0.533. The number of rotatable bonds is 7. The Labute approximate surface area is 144 Å². The standard InChI is InChI=1S/C15H19NO8S/c1-10-2-4-12(5-3-10)25(21,22)24-7-6-23-11-8-13(14(17)18)16(9-11)15(19)20/h2-5,11,13H,6-9H2,1H3,(H,17,18)(H,19,20)/t11-,13+/m1/s1. The number of benzene rings is 1. The van der Waals surface area contributed by atoms with Gasteiger partial charge in [-0.25, -0.2) is 9.59 Å². The molecule has 0 bridgehead atoms. The summed E-state index contributed by atoms with van der Waals surface area (Å²) in [4.78, 5) is 22.9. The van der Waals surface area contributed by atoms with E-state index in [0.717, 1.165) is 10.5 Å². The molecule has 0 unspecified atom stereocenters. The number of likely N-dealkylation sites (tertiary alicyclic amines) is 1. The summed E-state index contributed by atoms with van der Waals surface area (Å²) in [6.45, 7) is 1.39. The summed E-state index contributed by atoms with van der Waals surface area (Å²) in [5, 5.41) is 18.0. The number of carbonyl (C=O) groups is 2. The number of hydrogen-bond acceptors (Lipinski definition) is 6. The molecule has 1 amide bonds. The zero-order valence-corrected chi connectivity index (χ0v) is 14.3. The van der Waals surface area contributed by atoms with Crippen molar-refractivity contribution in [1.29, 1.82) is 0 Å². The number of ether oxygens (including phenoxy) is 1. The summed E-state index contributed by atoms with van der Waals surface area (Å²) in [6, 6.07) is 5.00. The monoisotopic (exact) mass is 373 g/mol. The summed E-state index contributed by atoms with van der Waals surface area (Å²) in [5.41, 5.74) is 0.916. The van der Waals surface area contributed by atoms with Crippen LogP contribution in [-0.4, -0.2) is 67.5 Å². The van der Waals surface area contributed by atoms with Gasteiger partial charge in [-0.2, -0.15) is 8.42 Å². The van der Waals surface area contributed by atoms with Crippen molar-refractivity contribution in [3.8, 4) is 0 Å². The van der Waals surface area contributed by atoms with E-state index in [4.69, 9.17) is 19.1 Å². The molecule has 0 aliphatic carbocycles. The molecule has 0 aromatic heterocycles. The van der Waals surface area contributed by atoms with E-state index in [1.807, 2.05) is 6.92 Å². The van der Waals surface area contributed by atoms with E-state index in [2.05, 4.69) is 0 Å². The summed E-state index contributed by atoms with van der Waals surface area (Å²) in [7, 11) is -3.90. The van der Waals surface area contributed by atoms with E-state index >= 15 is 0 Å². The van der Waals surface area contributed by atoms with Crippen LogP contribution in [0.2, 0.25) is 0 Å². The molecule has 138 valence electrons. The van der Waals surface area contributed by atoms with Crippen LogP contribution in [0, 0.1) is 6.92 Å². The van der Waals surface area contributed by atoms with Crippen molar-refractivity contribution in [2.45, 2.75) is 30.4 Å². The summed E-state index contributed by atoms with van der Waals surface area (Å²) < 4.78 is 34.2. The SMILES string of the molecule is Cc1ccc(S(=O)(=O)OCCO[C@@H]2C[C@@H](C(=O)O)N(C(=O)O)C2)cc1. The Hall–Kier alpha value is -2.17. The smallest absolute Gasteiger partial charge is 0.408 e. The second-order valence-corrected chi connectivity index (χ2v) is 7.22. The van der Waals surface area contributed by atoms with Gasteiger partial charge in [0.1, 0.15) is 6.04 Å². The number of amides is 1. The molecule has 0 spiro atoms. The molecular weight excluding hydrogens is 354 g/mol. The average molecular weight is 373 g/mol. The maximum atomic E-state index is 12.0. The van der Waals surface area contributed by atoms with E-state index in [1.165, 1.54) is 12.1 Å². The van der Waals surface area contributed by atoms with Crippen LogP contribution in [0.4, 0.5) is 4.79 Å². The maximum absolute atomic E-state index is 12.0. The van der Waals surface area contributed by atoms with E-state index in [-0.39, 0.29) is 31.1 Å². The lowest BCUT2D eigenvalue weighted by Crippen LogP contribution is -2.39. The highest BCUT2D eigenvalue weighted by molar-refractivity contribution is 7.86. The molecule has 1 aliphatic rings. The van der Waals surface area contributed by atoms with Crippen LogP contribution in [0.15, 0.2) is 29.2 Å². The molecule has 1 heterocycles. The lowest BCUT2D eigenvalue weighted by molar-refractivity contribution is -0.141. The van der Waals surface area contributed by atoms with Crippen molar-refractivity contribution >= 4 is 22.2 Å². The van der Waals surface area contributed by atoms with Gasteiger partial charge < -0.3 is 14.9 Å². The Kier molecular flexibility index (Phi) is 5.98. The highest BCUT2D eigenvalue weighted by Gasteiger charge is 2.40. The predicted molar refractivity (Wildman–Crippen MR) is 84.8 cm³/mol. The van der Waals surface area contributed by atoms with Crippen LogP contribution < -0.4 is 0 Å². The zero-order chi connectivity index (χ0) is 18.6. The third-order valence-electron chi connectivity index (χ3n) is 3.78. The van der Waals surface area contributed by atoms with Gasteiger partial charge in [-0.05, 0) is 19.1 Å². The molecule has 2 rings (SSSR count). The fourth-order valence-electron chi connectivity index (χ4n) is 2.50. The van der Waals surface area contributed by atoms with Crippen LogP contribution >= 0.6 is 0 Å². The molecule has 1 aliphatic heterocycles. The third-order valence-corrected chi connectivity index (χ3v) is 5.10. The van der Waals surface area contributed by atoms with Crippen molar-refractivity contribution in [3.05, 3.63) is 29.8 Å². The van der Waals surface area contributed by atoms with Gasteiger partial charge in [-0.1, -0.05) is 17.7 Å². The average Bonchev–Trinajstić information content (AvgIpc) is 2.97. The number of aliphatic carboxylic acids is 1. The molecule has 0 saturated carbocycles. The first-order valence-electron chi connectivity index (χ1n) is 7.51. The second kappa shape index (κ2) is 7.81. The molecule has 25 heavy (non-hydrogen) atoms. The number of aryl methyl sites for hydroxylation is 1. The highest BCUT2D eigenvalue weighted by Crippen LogP contribution is 2.21. The maximum Gasteiger partial charge on any atom is 0.408 e. The highest BCUT2D eigenvalue weighted by atomic mass is 32.2. The molecule has 1 aromatic carbocycles. The van der Waals surface area contributed by atoms with Crippen molar-refractivity contribution < 1.29 is 37.1 Å². The summed E-state index contributed by atoms with van der Waals surface area (Å²) in [6.07, 6.45) is -1.95. The van der Waals surface area contributed by atoms with Crippen molar-refractivity contribution in [2.75, 3.05) is 19.8 Å². The van der Waals surface area contributed by atoms with E-state index < -0.39 is 34.3 Å². The van der Waals surface area contributed by atoms with Crippen LogP contribution in [0.1, 0.15) is 12.0 Å². The van der Waals surface area contributed by atoms with Crippen molar-refractivity contribution in [3.63, 3.8) is 0 Å². The fourth-order valence-corrected chi connectivity index (χ4v) is 3.39. The Morgan fingerprint density at radius 1 is 1.20 bits per heavy atom. The van der Waals surface area contributed by atoms with Crippen LogP contribution in [0.5, 0.6) is 0 Å². The van der Waals surface area contributed by atoms with Crippen LogP contribution in [0.25, 0.3) is 0 Å². The topological polar surface area (TPSA) is 130 Å². The first-order chi connectivity index (χ1) is 11.7. The van der Waals surface area contributed by atoms with Gasteiger partial charge in [-0.15, -0.1) is 0 Å². The number of carboxylic acid groups (broad SMARTS) is 2. The number of carboxylic acids is 1. The Bertz CT molecular complexity index is 708. The van der Waals surface area contributed by atoms with Gasteiger partial charge >= 0.3 is 12.1 Å². The molecular formula is C15H19NO8S. The normalized spacial score (nSPS) is 20.6. The molecule has 1 aromatic rings. The minimum absolute atomic E-state index is 0.00630. The van der Waals surface area contributed by atoms with Crippen LogP contribution in [0.3, 0.4) is 0 Å². The Morgan fingerprint density at radius 2 is 1.84 bits per heavy atom. The molecule has 2 atom stereocenters. The van der Waals surface area contributed by atoms with Gasteiger partial charge in [-0.3, -0.25) is 9.08 Å². The van der Waals surface area contributed by atoms with Crippen LogP contribution in [-0.2, 0) is 23.8 Å². The van der Waals surface area contributed by atoms with E-state index in [1.54, 1.807) is 12.1 Å². The Morgan fingerprint density at radius 3 is 2.36 bits per heavy atom. The first-order valence-corrected chi connectivity index (χ1v) is 8.91. The number of hydrogen-bond donors (Lipinski definition) is 2. The molecule has 9 nitrogen and oxygen atoms in total. The molecule has 1 fully saturated rings. The fraction of sp³-hybridized carbons (Fsp3) is 0.467. The van der Waals surface area contributed by atoms with Gasteiger partial charge in [0.15, 0.2) is 0 Å². The molecule has 0 radical (unpaired) electrons. The van der Waals surface area contributed by atoms with Gasteiger partial charge in [0.05, 0.1) is 30.8 Å². The van der Waals surface area contributed by atoms with Crippen molar-refractivity contribution in [1.82, 2.24) is 4.90 Å². The van der Waals surface area contributed by atoms with E-state index in [9.17, 15) is 18.0 Å². The molecule has 2 N–H and O–H groups in total. The van der Waals surface area contributed by atoms with Gasteiger partial charge in [0.25, 0.3) is 10.1 Å². The predicted octanol–water partition coefficient (Wildman–Crippen LogP) is 0.922.